The first-order chi connectivity index (χ1) is 11.2. The Bertz CT molecular complexity index is 614. The minimum atomic E-state index is -0.423. The molecule has 0 fully saturated rings. The maximum Gasteiger partial charge on any atom is 0.263 e. The SMILES string of the molecule is CCOCCCNC(=O)/C(C#N)=C\Nc1ccc(SC#N)cc1. The normalized spacial score (nSPS) is 10.5. The second kappa shape index (κ2) is 11.1. The van der Waals surface area contributed by atoms with Crippen LogP contribution in [0.5, 0.6) is 0 Å². The summed E-state index contributed by atoms with van der Waals surface area (Å²) in [7, 11) is 0. The van der Waals surface area contributed by atoms with Gasteiger partial charge in [-0.15, -0.1) is 0 Å². The maximum atomic E-state index is 11.8. The van der Waals surface area contributed by atoms with Crippen LogP contribution in [0.15, 0.2) is 40.9 Å². The lowest BCUT2D eigenvalue weighted by molar-refractivity contribution is -0.117. The molecule has 0 aliphatic heterocycles. The lowest BCUT2D eigenvalue weighted by atomic mass is 10.2. The molecular formula is C16H18N4O2S. The smallest absolute Gasteiger partial charge is 0.263 e. The molecule has 0 unspecified atom stereocenters. The highest BCUT2D eigenvalue weighted by molar-refractivity contribution is 8.03. The van der Waals surface area contributed by atoms with Crippen LogP contribution in [0.1, 0.15) is 13.3 Å². The Morgan fingerprint density at radius 3 is 2.70 bits per heavy atom. The molecule has 2 N–H and O–H groups in total. The number of hydrogen-bond acceptors (Lipinski definition) is 6. The van der Waals surface area contributed by atoms with Crippen LogP contribution in [-0.4, -0.2) is 25.7 Å². The van der Waals surface area contributed by atoms with Crippen LogP contribution < -0.4 is 10.6 Å². The minimum Gasteiger partial charge on any atom is -0.382 e. The number of nitrogens with one attached hydrogen (secondary N) is 2. The van der Waals surface area contributed by atoms with Crippen LogP contribution in [0.4, 0.5) is 5.69 Å². The molecule has 0 aromatic heterocycles. The van der Waals surface area contributed by atoms with E-state index in [2.05, 4.69) is 10.6 Å². The Morgan fingerprint density at radius 1 is 1.35 bits per heavy atom. The van der Waals surface area contributed by atoms with Gasteiger partial charge in [0, 0.05) is 36.5 Å². The van der Waals surface area contributed by atoms with Crippen LogP contribution in [0.2, 0.25) is 0 Å². The second-order valence-electron chi connectivity index (χ2n) is 4.34. The molecule has 6 nitrogen and oxygen atoms in total. The molecule has 0 saturated carbocycles. The van der Waals surface area contributed by atoms with Crippen molar-refractivity contribution in [2.24, 2.45) is 0 Å². The standard InChI is InChI=1S/C16H18N4O2S/c1-2-22-9-3-8-19-16(21)13(10-17)11-20-14-4-6-15(7-5-14)23-12-18/h4-7,11,20H,2-3,8-9H2,1H3,(H,19,21)/b13-11-. The van der Waals surface area contributed by atoms with Crippen molar-refractivity contribution in [2.45, 2.75) is 18.2 Å². The number of ether oxygens (including phenoxy) is 1. The van der Waals surface area contributed by atoms with Gasteiger partial charge in [-0.05, 0) is 49.4 Å². The first-order valence-corrected chi connectivity index (χ1v) is 7.91. The van der Waals surface area contributed by atoms with Gasteiger partial charge in [-0.2, -0.15) is 10.5 Å². The lowest BCUT2D eigenvalue weighted by Gasteiger charge is -2.05. The summed E-state index contributed by atoms with van der Waals surface area (Å²) in [6.07, 6.45) is 2.06. The van der Waals surface area contributed by atoms with Gasteiger partial charge in [-0.3, -0.25) is 4.79 Å². The summed E-state index contributed by atoms with van der Waals surface area (Å²) < 4.78 is 5.17. The number of hydrogen-bond donors (Lipinski definition) is 2. The highest BCUT2D eigenvalue weighted by Crippen LogP contribution is 2.19. The second-order valence-corrected chi connectivity index (χ2v) is 5.20. The third-order valence-corrected chi connectivity index (χ3v) is 3.32. The van der Waals surface area contributed by atoms with E-state index >= 15 is 0 Å². The van der Waals surface area contributed by atoms with E-state index in [4.69, 9.17) is 15.3 Å². The summed E-state index contributed by atoms with van der Waals surface area (Å²) in [5.74, 6) is -0.423. The Morgan fingerprint density at radius 2 is 2.09 bits per heavy atom. The number of benzene rings is 1. The molecule has 0 aliphatic rings. The van der Waals surface area contributed by atoms with Crippen LogP contribution in [0.3, 0.4) is 0 Å². The van der Waals surface area contributed by atoms with E-state index in [0.29, 0.717) is 26.2 Å². The van der Waals surface area contributed by atoms with Crippen molar-refractivity contribution in [1.82, 2.24) is 5.32 Å². The molecule has 0 saturated heterocycles. The summed E-state index contributed by atoms with van der Waals surface area (Å²) in [4.78, 5) is 12.7. The molecule has 1 aromatic rings. The molecule has 23 heavy (non-hydrogen) atoms. The van der Waals surface area contributed by atoms with Gasteiger partial charge in [-0.25, -0.2) is 0 Å². The van der Waals surface area contributed by atoms with Crippen LogP contribution >= 0.6 is 11.8 Å². The number of thioether (sulfide) groups is 1. The number of carbonyl (C=O) groups is 1. The summed E-state index contributed by atoms with van der Waals surface area (Å²) in [5, 5.41) is 25.2. The summed E-state index contributed by atoms with van der Waals surface area (Å²) in [6.45, 7) is 3.59. The van der Waals surface area contributed by atoms with Crippen molar-refractivity contribution in [1.29, 1.82) is 10.5 Å². The number of nitrogens with zero attached hydrogens (tertiary/aromatic N) is 2. The number of nitriles is 2. The Kier molecular flexibility index (Phi) is 8.99. The van der Waals surface area contributed by atoms with E-state index in [9.17, 15) is 4.79 Å². The van der Waals surface area contributed by atoms with E-state index in [1.165, 1.54) is 6.20 Å². The third kappa shape index (κ3) is 7.37. The van der Waals surface area contributed by atoms with Gasteiger partial charge in [0.05, 0.1) is 0 Å². The van der Waals surface area contributed by atoms with Gasteiger partial charge >= 0.3 is 0 Å². The van der Waals surface area contributed by atoms with Crippen molar-refractivity contribution < 1.29 is 9.53 Å². The fourth-order valence-corrected chi connectivity index (χ4v) is 1.97. The molecule has 0 aliphatic carbocycles. The van der Waals surface area contributed by atoms with Gasteiger partial charge < -0.3 is 15.4 Å². The van der Waals surface area contributed by atoms with Crippen molar-refractivity contribution >= 4 is 23.4 Å². The quantitative estimate of drug-likeness (QED) is 0.237. The molecule has 1 rings (SSSR count). The number of amides is 1. The maximum absolute atomic E-state index is 11.8. The number of rotatable bonds is 9. The topological polar surface area (TPSA) is 97.9 Å². The molecule has 1 aromatic carbocycles. The zero-order valence-electron chi connectivity index (χ0n) is 12.8. The largest absolute Gasteiger partial charge is 0.382 e. The van der Waals surface area contributed by atoms with Gasteiger partial charge in [0.2, 0.25) is 0 Å². The van der Waals surface area contributed by atoms with Gasteiger partial charge in [0.15, 0.2) is 0 Å². The van der Waals surface area contributed by atoms with Crippen LogP contribution in [-0.2, 0) is 9.53 Å². The van der Waals surface area contributed by atoms with E-state index in [1.807, 2.05) is 18.4 Å². The van der Waals surface area contributed by atoms with Crippen molar-refractivity contribution in [2.75, 3.05) is 25.1 Å². The first-order valence-electron chi connectivity index (χ1n) is 7.10. The first kappa shape index (κ1) is 18.6. The molecule has 0 bridgehead atoms. The summed E-state index contributed by atoms with van der Waals surface area (Å²) >= 11 is 1.07. The fraction of sp³-hybridized carbons (Fsp3) is 0.312. The summed E-state index contributed by atoms with van der Waals surface area (Å²) in [6, 6.07) is 8.97. The van der Waals surface area contributed by atoms with E-state index in [-0.39, 0.29) is 5.57 Å². The van der Waals surface area contributed by atoms with E-state index in [1.54, 1.807) is 24.3 Å². The van der Waals surface area contributed by atoms with Crippen molar-refractivity contribution in [3.8, 4) is 11.5 Å². The predicted octanol–water partition coefficient (Wildman–Crippen LogP) is 2.62. The molecule has 0 spiro atoms. The lowest BCUT2D eigenvalue weighted by Crippen LogP contribution is -2.26. The van der Waals surface area contributed by atoms with Gasteiger partial charge in [-0.1, -0.05) is 0 Å². The van der Waals surface area contributed by atoms with E-state index < -0.39 is 5.91 Å². The molecule has 0 heterocycles. The highest BCUT2D eigenvalue weighted by Gasteiger charge is 2.07. The average Bonchev–Trinajstić information content (AvgIpc) is 2.57. The minimum absolute atomic E-state index is 0.00288. The molecule has 120 valence electrons. The van der Waals surface area contributed by atoms with Crippen LogP contribution in [0.25, 0.3) is 0 Å². The Hall–Kier alpha value is -2.48. The number of anilines is 1. The number of carbonyl (C=O) groups excluding carboxylic acids is 1. The molecule has 7 heteroatoms. The molecular weight excluding hydrogens is 312 g/mol. The van der Waals surface area contributed by atoms with Gasteiger partial charge in [0.25, 0.3) is 5.91 Å². The Balaban J connectivity index is 2.50. The monoisotopic (exact) mass is 330 g/mol. The zero-order valence-corrected chi connectivity index (χ0v) is 13.7. The Labute approximate surface area is 140 Å². The average molecular weight is 330 g/mol. The van der Waals surface area contributed by atoms with Gasteiger partial charge in [0.1, 0.15) is 17.0 Å². The molecule has 0 radical (unpaired) electrons. The third-order valence-electron chi connectivity index (χ3n) is 2.72. The molecule has 0 atom stereocenters. The van der Waals surface area contributed by atoms with E-state index in [0.717, 1.165) is 22.3 Å². The number of thiocyanates is 1. The van der Waals surface area contributed by atoms with Crippen LogP contribution in [0, 0.1) is 22.0 Å². The zero-order chi connectivity index (χ0) is 16.9. The summed E-state index contributed by atoms with van der Waals surface area (Å²) in [5.41, 5.74) is 0.723. The predicted molar refractivity (Wildman–Crippen MR) is 89.4 cm³/mol. The highest BCUT2D eigenvalue weighted by atomic mass is 32.2. The molecule has 1 amide bonds. The fourth-order valence-electron chi connectivity index (χ4n) is 1.59. The van der Waals surface area contributed by atoms with Crippen molar-refractivity contribution in [3.05, 3.63) is 36.0 Å². The van der Waals surface area contributed by atoms with Crippen molar-refractivity contribution in [3.63, 3.8) is 0 Å².